The number of anilines is 1. The molecule has 1 aromatic heterocycles. The first-order valence-corrected chi connectivity index (χ1v) is 11.1. The van der Waals surface area contributed by atoms with Crippen LogP contribution in [0, 0.1) is 0 Å². The molecule has 0 bridgehead atoms. The highest BCUT2D eigenvalue weighted by Gasteiger charge is 2.32. The van der Waals surface area contributed by atoms with Gasteiger partial charge in [0, 0.05) is 38.0 Å². The summed E-state index contributed by atoms with van der Waals surface area (Å²) in [7, 11) is -3.64. The maximum Gasteiger partial charge on any atom is 0.243 e. The Morgan fingerprint density at radius 1 is 1.21 bits per heavy atom. The summed E-state index contributed by atoms with van der Waals surface area (Å²) in [5.74, 6) is 1.59. The summed E-state index contributed by atoms with van der Waals surface area (Å²) in [6.45, 7) is 6.82. The highest BCUT2D eigenvalue weighted by Crippen LogP contribution is 2.32. The van der Waals surface area contributed by atoms with Gasteiger partial charge in [0.25, 0.3) is 0 Å². The predicted octanol–water partition coefficient (Wildman–Crippen LogP) is 2.84. The molecule has 0 saturated heterocycles. The zero-order chi connectivity index (χ0) is 20.1. The number of carbonyl (C=O) groups excluding carboxylic acids is 1. The van der Waals surface area contributed by atoms with Crippen LogP contribution < -0.4 is 4.90 Å². The van der Waals surface area contributed by atoms with E-state index in [4.69, 9.17) is 4.42 Å². The number of rotatable bonds is 3. The number of oxazole rings is 1. The van der Waals surface area contributed by atoms with E-state index < -0.39 is 10.0 Å². The molecule has 0 atom stereocenters. The van der Waals surface area contributed by atoms with Gasteiger partial charge in [0.1, 0.15) is 5.76 Å². The minimum absolute atomic E-state index is 0.0212. The number of hydrogen-bond donors (Lipinski definition) is 0. The Hall–Kier alpha value is -2.19. The zero-order valence-corrected chi connectivity index (χ0v) is 17.3. The molecule has 150 valence electrons. The summed E-state index contributed by atoms with van der Waals surface area (Å²) >= 11 is 0. The molecule has 3 heterocycles. The van der Waals surface area contributed by atoms with E-state index in [1.807, 2.05) is 13.8 Å². The largest absolute Gasteiger partial charge is 0.445 e. The van der Waals surface area contributed by atoms with Gasteiger partial charge in [0.15, 0.2) is 5.89 Å². The number of sulfonamides is 1. The highest BCUT2D eigenvalue weighted by atomic mass is 32.2. The second kappa shape index (κ2) is 7.00. The van der Waals surface area contributed by atoms with Crippen LogP contribution in [0.2, 0.25) is 0 Å². The van der Waals surface area contributed by atoms with Crippen LogP contribution in [0.1, 0.15) is 56.0 Å². The molecule has 0 unspecified atom stereocenters. The fourth-order valence-corrected chi connectivity index (χ4v) is 5.31. The van der Waals surface area contributed by atoms with E-state index in [2.05, 4.69) is 4.98 Å². The summed E-state index contributed by atoms with van der Waals surface area (Å²) < 4.78 is 33.7. The molecule has 0 saturated carbocycles. The van der Waals surface area contributed by atoms with Crippen LogP contribution in [0.15, 0.2) is 27.5 Å². The molecule has 1 aromatic carbocycles. The maximum atomic E-state index is 13.2. The minimum Gasteiger partial charge on any atom is -0.445 e. The van der Waals surface area contributed by atoms with E-state index in [0.717, 1.165) is 29.9 Å². The summed E-state index contributed by atoms with van der Waals surface area (Å²) in [4.78, 5) is 18.3. The first kappa shape index (κ1) is 19.1. The molecular formula is C20H25N3O4S. The van der Waals surface area contributed by atoms with E-state index in [0.29, 0.717) is 31.1 Å². The lowest BCUT2D eigenvalue weighted by Gasteiger charge is -2.30. The van der Waals surface area contributed by atoms with E-state index in [9.17, 15) is 13.2 Å². The van der Waals surface area contributed by atoms with Gasteiger partial charge in [-0.05, 0) is 36.6 Å². The first-order valence-electron chi connectivity index (χ1n) is 9.67. The van der Waals surface area contributed by atoms with Crippen LogP contribution in [0.5, 0.6) is 0 Å². The van der Waals surface area contributed by atoms with Gasteiger partial charge in [-0.3, -0.25) is 4.79 Å². The number of carbonyl (C=O) groups is 1. The number of fused-ring (bicyclic) bond motifs is 2. The fraction of sp³-hybridized carbons (Fsp3) is 0.500. The second-order valence-corrected chi connectivity index (χ2v) is 9.67. The normalized spacial score (nSPS) is 17.5. The smallest absolute Gasteiger partial charge is 0.243 e. The predicted molar refractivity (Wildman–Crippen MR) is 105 cm³/mol. The average Bonchev–Trinajstić information content (AvgIpc) is 3.10. The Bertz CT molecular complexity index is 1030. The van der Waals surface area contributed by atoms with Gasteiger partial charge in [-0.25, -0.2) is 13.4 Å². The topological polar surface area (TPSA) is 83.7 Å². The van der Waals surface area contributed by atoms with Crippen LogP contribution in [0.25, 0.3) is 0 Å². The standard InChI is InChI=1S/C20H25N3O4S/c1-13(2)20-21-17-12-22(10-8-19(17)27-20)28(25,26)16-6-7-18-15(11-16)5-4-9-23(18)14(3)24/h6-7,11,13H,4-5,8-10,12H2,1-3H3. The van der Waals surface area contributed by atoms with E-state index in [1.54, 1.807) is 23.1 Å². The van der Waals surface area contributed by atoms with Crippen LogP contribution in [0.3, 0.4) is 0 Å². The lowest BCUT2D eigenvalue weighted by Crippen LogP contribution is -2.36. The average molecular weight is 404 g/mol. The summed E-state index contributed by atoms with van der Waals surface area (Å²) in [5.41, 5.74) is 2.43. The Balaban J connectivity index is 1.63. The molecule has 2 aromatic rings. The molecule has 8 heteroatoms. The summed E-state index contributed by atoms with van der Waals surface area (Å²) in [5, 5.41) is 0. The Kier molecular flexibility index (Phi) is 4.79. The molecule has 0 fully saturated rings. The van der Waals surface area contributed by atoms with Crippen molar-refractivity contribution in [1.82, 2.24) is 9.29 Å². The molecule has 0 N–H and O–H groups in total. The third-order valence-electron chi connectivity index (χ3n) is 5.39. The van der Waals surface area contributed by atoms with Crippen molar-refractivity contribution in [3.05, 3.63) is 41.1 Å². The number of amides is 1. The number of aryl methyl sites for hydroxylation is 1. The van der Waals surface area contributed by atoms with Crippen molar-refractivity contribution in [2.45, 2.75) is 57.4 Å². The van der Waals surface area contributed by atoms with Crippen LogP contribution >= 0.6 is 0 Å². The molecule has 2 aliphatic rings. The Morgan fingerprint density at radius 3 is 2.71 bits per heavy atom. The van der Waals surface area contributed by atoms with Gasteiger partial charge < -0.3 is 9.32 Å². The zero-order valence-electron chi connectivity index (χ0n) is 16.4. The third kappa shape index (κ3) is 3.24. The molecule has 0 spiro atoms. The Labute approximate surface area is 165 Å². The molecule has 0 radical (unpaired) electrons. The first-order chi connectivity index (χ1) is 13.3. The molecule has 0 aliphatic carbocycles. The fourth-order valence-electron chi connectivity index (χ4n) is 3.86. The number of aromatic nitrogens is 1. The van der Waals surface area contributed by atoms with Crippen molar-refractivity contribution >= 4 is 21.6 Å². The number of hydrogen-bond acceptors (Lipinski definition) is 5. The van der Waals surface area contributed by atoms with Crippen molar-refractivity contribution in [1.29, 1.82) is 0 Å². The van der Waals surface area contributed by atoms with Crippen LogP contribution in [-0.2, 0) is 34.2 Å². The van der Waals surface area contributed by atoms with Gasteiger partial charge in [-0.1, -0.05) is 13.8 Å². The van der Waals surface area contributed by atoms with Gasteiger partial charge in [0.05, 0.1) is 17.1 Å². The van der Waals surface area contributed by atoms with Gasteiger partial charge >= 0.3 is 0 Å². The van der Waals surface area contributed by atoms with Crippen molar-refractivity contribution in [3.63, 3.8) is 0 Å². The number of benzene rings is 1. The lowest BCUT2D eigenvalue weighted by atomic mass is 10.0. The van der Waals surface area contributed by atoms with Gasteiger partial charge in [-0.2, -0.15) is 4.31 Å². The summed E-state index contributed by atoms with van der Waals surface area (Å²) in [6.07, 6.45) is 2.13. The quantitative estimate of drug-likeness (QED) is 0.787. The second-order valence-electron chi connectivity index (χ2n) is 7.73. The van der Waals surface area contributed by atoms with Crippen molar-refractivity contribution in [2.75, 3.05) is 18.0 Å². The maximum absolute atomic E-state index is 13.2. The molecular weight excluding hydrogens is 378 g/mol. The molecule has 4 rings (SSSR count). The molecule has 2 aliphatic heterocycles. The van der Waals surface area contributed by atoms with E-state index in [1.165, 1.54) is 11.2 Å². The van der Waals surface area contributed by atoms with Crippen LogP contribution in [-0.4, -0.2) is 36.7 Å². The van der Waals surface area contributed by atoms with E-state index >= 15 is 0 Å². The molecule has 28 heavy (non-hydrogen) atoms. The molecule has 7 nitrogen and oxygen atoms in total. The number of nitrogens with zero attached hydrogens (tertiary/aromatic N) is 3. The highest BCUT2D eigenvalue weighted by molar-refractivity contribution is 7.89. The Morgan fingerprint density at radius 2 is 2.00 bits per heavy atom. The third-order valence-corrected chi connectivity index (χ3v) is 7.23. The van der Waals surface area contributed by atoms with Crippen molar-refractivity contribution in [2.24, 2.45) is 0 Å². The SMILES string of the molecule is CC(=O)N1CCCc2cc(S(=O)(=O)N3CCc4oc(C(C)C)nc4C3)ccc21. The lowest BCUT2D eigenvalue weighted by molar-refractivity contribution is -0.116. The molecule has 1 amide bonds. The summed E-state index contributed by atoms with van der Waals surface area (Å²) in [6, 6.07) is 5.08. The minimum atomic E-state index is -3.64. The van der Waals surface area contributed by atoms with Crippen LogP contribution in [0.4, 0.5) is 5.69 Å². The van der Waals surface area contributed by atoms with Gasteiger partial charge in [0.2, 0.25) is 15.9 Å². The van der Waals surface area contributed by atoms with Crippen molar-refractivity contribution in [3.8, 4) is 0 Å². The van der Waals surface area contributed by atoms with Crippen molar-refractivity contribution < 1.29 is 17.6 Å². The monoisotopic (exact) mass is 403 g/mol. The van der Waals surface area contributed by atoms with E-state index in [-0.39, 0.29) is 23.3 Å². The van der Waals surface area contributed by atoms with Gasteiger partial charge in [-0.15, -0.1) is 0 Å².